The maximum absolute atomic E-state index is 14.6. The summed E-state index contributed by atoms with van der Waals surface area (Å²) in [7, 11) is 0. The average molecular weight is 1210 g/mol. The number of carbonyl (C=O) groups excluding carboxylic acids is 11. The predicted molar refractivity (Wildman–Crippen MR) is 317 cm³/mol. The molecule has 8 amide bonds. The first-order chi connectivity index (χ1) is 40.4. The molecule has 1 aliphatic rings. The van der Waals surface area contributed by atoms with Gasteiger partial charge in [-0.1, -0.05) is 74.0 Å². The third-order valence-corrected chi connectivity index (χ3v) is 14.8. The number of aliphatic hydroxyl groups is 2. The van der Waals surface area contributed by atoms with E-state index in [0.29, 0.717) is 16.1 Å². The van der Waals surface area contributed by atoms with Crippen molar-refractivity contribution in [1.29, 1.82) is 0 Å². The van der Waals surface area contributed by atoms with E-state index in [1.165, 1.54) is 13.8 Å². The Morgan fingerprint density at radius 2 is 1.12 bits per heavy atom. The summed E-state index contributed by atoms with van der Waals surface area (Å²) in [6.45, 7) is 5.13. The second-order valence-electron chi connectivity index (χ2n) is 22.0. The number of aliphatic hydroxyl groups excluding tert-OH is 2. The second kappa shape index (κ2) is 37.6. The predicted octanol–water partition coefficient (Wildman–Crippen LogP) is -2.68. The van der Waals surface area contributed by atoms with Crippen LogP contribution in [-0.4, -0.2) is 169 Å². The van der Waals surface area contributed by atoms with E-state index in [2.05, 4.69) is 42.5 Å². The fourth-order valence-corrected chi connectivity index (χ4v) is 9.91. The third-order valence-electron chi connectivity index (χ3n) is 14.5. The SMILES string of the molecule is CC(C)CC1NC(=O)C(Cc2ccccc2)NC(=O)C(CCN)NC(=O)C(NC(=O)C(CCN)CC(=O)C(NC(=O)C(CCN)CC(=O)Cc2ccccc2Cl)C(C)O)CCNC(=O)C(C(C)O)CC(=O)C(CCN)NC(=O)C(CCN)NC1=O. The zero-order valence-corrected chi connectivity index (χ0v) is 49.8. The van der Waals surface area contributed by atoms with Gasteiger partial charge in [0.05, 0.1) is 24.2 Å². The Hall–Kier alpha value is -6.78. The molecule has 472 valence electrons. The molecule has 0 bridgehead atoms. The van der Waals surface area contributed by atoms with Gasteiger partial charge in [0, 0.05) is 55.5 Å². The summed E-state index contributed by atoms with van der Waals surface area (Å²) >= 11 is 6.26. The molecule has 85 heavy (non-hydrogen) atoms. The summed E-state index contributed by atoms with van der Waals surface area (Å²) in [5.74, 6) is -12.7. The Morgan fingerprint density at radius 3 is 1.67 bits per heavy atom. The number of nitrogens with two attached hydrogens (primary N) is 5. The van der Waals surface area contributed by atoms with Crippen molar-refractivity contribution in [2.75, 3.05) is 39.3 Å². The molecule has 0 saturated carbocycles. The van der Waals surface area contributed by atoms with Gasteiger partial charge in [-0.3, -0.25) is 52.7 Å². The van der Waals surface area contributed by atoms with Crippen molar-refractivity contribution in [3.8, 4) is 0 Å². The fourth-order valence-electron chi connectivity index (χ4n) is 9.71. The van der Waals surface area contributed by atoms with Crippen molar-refractivity contribution in [1.82, 2.24) is 42.5 Å². The van der Waals surface area contributed by atoms with Gasteiger partial charge < -0.3 is 81.4 Å². The molecule has 1 aliphatic heterocycles. The monoisotopic (exact) mass is 1210 g/mol. The number of ketones is 3. The second-order valence-corrected chi connectivity index (χ2v) is 22.4. The molecule has 3 rings (SSSR count). The first-order valence-corrected chi connectivity index (χ1v) is 29.4. The molecule has 1 saturated heterocycles. The molecular formula is C58H90ClN13O13. The lowest BCUT2D eigenvalue weighted by Gasteiger charge is -2.28. The van der Waals surface area contributed by atoms with Crippen molar-refractivity contribution < 1.29 is 63.0 Å². The molecule has 1 heterocycles. The lowest BCUT2D eigenvalue weighted by molar-refractivity contribution is -0.137. The van der Waals surface area contributed by atoms with Crippen LogP contribution in [0, 0.1) is 23.7 Å². The summed E-state index contributed by atoms with van der Waals surface area (Å²) in [6, 6.07) is 5.27. The number of benzene rings is 2. The topological polar surface area (TPSA) is 455 Å². The Morgan fingerprint density at radius 1 is 0.612 bits per heavy atom. The molecule has 2 aromatic carbocycles. The lowest BCUT2D eigenvalue weighted by Crippen LogP contribution is -2.60. The minimum absolute atomic E-state index is 0.000341. The molecule has 26 nitrogen and oxygen atoms in total. The highest BCUT2D eigenvalue weighted by Crippen LogP contribution is 2.21. The van der Waals surface area contributed by atoms with E-state index in [4.69, 9.17) is 40.3 Å². The number of nitrogens with one attached hydrogen (secondary N) is 8. The molecule has 12 atom stereocenters. The number of hydrogen-bond donors (Lipinski definition) is 15. The van der Waals surface area contributed by atoms with Crippen LogP contribution in [0.2, 0.25) is 5.02 Å². The summed E-state index contributed by atoms with van der Waals surface area (Å²) in [5, 5.41) is 43.0. The third kappa shape index (κ3) is 24.6. The highest BCUT2D eigenvalue weighted by molar-refractivity contribution is 6.31. The van der Waals surface area contributed by atoms with Crippen LogP contribution in [-0.2, 0) is 65.6 Å². The quantitative estimate of drug-likeness (QED) is 0.0433. The molecule has 0 aromatic heterocycles. The van der Waals surface area contributed by atoms with Crippen LogP contribution in [0.3, 0.4) is 0 Å². The maximum Gasteiger partial charge on any atom is 0.243 e. The highest BCUT2D eigenvalue weighted by atomic mass is 35.5. The van der Waals surface area contributed by atoms with Crippen molar-refractivity contribution in [3.63, 3.8) is 0 Å². The number of amides is 8. The fraction of sp³-hybridized carbons (Fsp3) is 0.603. The Kier molecular flexibility index (Phi) is 32.1. The van der Waals surface area contributed by atoms with Gasteiger partial charge in [0.1, 0.15) is 42.0 Å². The largest absolute Gasteiger partial charge is 0.393 e. The summed E-state index contributed by atoms with van der Waals surface area (Å²) in [6.07, 6.45) is -5.60. The molecule has 1 fully saturated rings. The number of rotatable bonds is 27. The van der Waals surface area contributed by atoms with Gasteiger partial charge in [-0.25, -0.2) is 0 Å². The first kappa shape index (κ1) is 72.5. The van der Waals surface area contributed by atoms with Gasteiger partial charge in [0.25, 0.3) is 0 Å². The summed E-state index contributed by atoms with van der Waals surface area (Å²) in [5.41, 5.74) is 30.6. The van der Waals surface area contributed by atoms with Gasteiger partial charge in [0.15, 0.2) is 11.6 Å². The van der Waals surface area contributed by atoms with Crippen molar-refractivity contribution in [3.05, 3.63) is 70.7 Å². The van der Waals surface area contributed by atoms with E-state index in [1.807, 2.05) is 0 Å². The van der Waals surface area contributed by atoms with Gasteiger partial charge >= 0.3 is 0 Å². The highest BCUT2D eigenvalue weighted by Gasteiger charge is 2.38. The zero-order valence-electron chi connectivity index (χ0n) is 49.1. The van der Waals surface area contributed by atoms with Crippen LogP contribution in [0.4, 0.5) is 0 Å². The Balaban J connectivity index is 2.08. The molecule has 0 radical (unpaired) electrons. The minimum Gasteiger partial charge on any atom is -0.393 e. The zero-order chi connectivity index (χ0) is 63.3. The smallest absolute Gasteiger partial charge is 0.243 e. The number of Topliss-reactive ketones (excluding diaryl/α,β-unsaturated/α-hetero) is 3. The van der Waals surface area contributed by atoms with Gasteiger partial charge in [0.2, 0.25) is 47.3 Å². The van der Waals surface area contributed by atoms with Crippen molar-refractivity contribution in [2.45, 2.75) is 159 Å². The van der Waals surface area contributed by atoms with Crippen LogP contribution in [0.15, 0.2) is 54.6 Å². The number of halogens is 1. The summed E-state index contributed by atoms with van der Waals surface area (Å²) in [4.78, 5) is 155. The van der Waals surface area contributed by atoms with E-state index in [-0.39, 0.29) is 102 Å². The molecule has 27 heteroatoms. The molecule has 20 N–H and O–H groups in total. The van der Waals surface area contributed by atoms with E-state index in [9.17, 15) is 63.0 Å². The van der Waals surface area contributed by atoms with Crippen molar-refractivity contribution in [2.24, 2.45) is 52.3 Å². The summed E-state index contributed by atoms with van der Waals surface area (Å²) < 4.78 is 0. The van der Waals surface area contributed by atoms with E-state index in [0.717, 1.165) is 0 Å². The molecule has 2 aromatic rings. The lowest BCUT2D eigenvalue weighted by atomic mass is 9.91. The normalized spacial score (nSPS) is 22.6. The molecular weight excluding hydrogens is 1120 g/mol. The van der Waals surface area contributed by atoms with Crippen LogP contribution in [0.1, 0.15) is 103 Å². The van der Waals surface area contributed by atoms with Gasteiger partial charge in [-0.2, -0.15) is 0 Å². The Bertz CT molecular complexity index is 2560. The van der Waals surface area contributed by atoms with E-state index in [1.54, 1.807) is 68.4 Å². The number of hydrogen-bond acceptors (Lipinski definition) is 18. The van der Waals surface area contributed by atoms with Crippen LogP contribution < -0.4 is 71.2 Å². The average Bonchev–Trinajstić information content (AvgIpc) is 3.57. The van der Waals surface area contributed by atoms with E-state index >= 15 is 0 Å². The molecule has 12 unspecified atom stereocenters. The van der Waals surface area contributed by atoms with Gasteiger partial charge in [-0.05, 0) is 115 Å². The van der Waals surface area contributed by atoms with Crippen molar-refractivity contribution >= 4 is 76.2 Å². The number of carbonyl (C=O) groups is 11. The van der Waals surface area contributed by atoms with Crippen LogP contribution in [0.25, 0.3) is 0 Å². The van der Waals surface area contributed by atoms with E-state index < -0.39 is 157 Å². The Labute approximate surface area is 501 Å². The molecule has 0 aliphatic carbocycles. The minimum atomic E-state index is -1.62. The van der Waals surface area contributed by atoms with Gasteiger partial charge in [-0.15, -0.1) is 0 Å². The van der Waals surface area contributed by atoms with Crippen LogP contribution in [0.5, 0.6) is 0 Å². The van der Waals surface area contributed by atoms with Crippen LogP contribution >= 0.6 is 11.6 Å². The first-order valence-electron chi connectivity index (χ1n) is 29.0. The standard InChI is InChI=1S/C58H90ClN13O13/c1-32(2)26-46-57(84)69-43(17-23-63)54(81)66-42(16-22-62)48(76)31-40(33(3)73)53(80)65-25-19-45(56(83)68-44(18-24-64)55(82)71-47(58(85)70-46)27-35-10-6-5-7-11-35)67-51(78)38(15-21-61)30-49(77)50(34(4)74)72-52(79)37(14-20-60)29-39(75)28-36-12-8-9-13-41(36)59/h5-13,32-34,37-38,40,42-47,50,73-74H,14-31,60-64H2,1-4H3,(H,65,80)(H,66,81)(H,67,78)(H,68,83)(H,69,84)(H,70,85)(H,71,82)(H,72,79). The molecule has 0 spiro atoms. The maximum atomic E-state index is 14.6.